The number of aromatic nitrogens is 1. The second-order valence-corrected chi connectivity index (χ2v) is 3.50. The Balaban J connectivity index is 3.50. The van der Waals surface area contributed by atoms with Crippen LogP contribution in [0.15, 0.2) is 10.7 Å². The number of carbonyl (C=O) groups excluding carboxylic acids is 1. The van der Waals surface area contributed by atoms with Crippen molar-refractivity contribution in [2.24, 2.45) is 0 Å². The minimum absolute atomic E-state index is 0.0272. The summed E-state index contributed by atoms with van der Waals surface area (Å²) in [5.74, 6) is 0. The lowest BCUT2D eigenvalue weighted by Crippen LogP contribution is -2.12. The predicted molar refractivity (Wildman–Crippen MR) is 47.3 cm³/mol. The molecule has 0 unspecified atom stereocenters. The Morgan fingerprint density at radius 3 is 2.31 bits per heavy atom. The summed E-state index contributed by atoms with van der Waals surface area (Å²) < 4.78 is 60.9. The van der Waals surface area contributed by atoms with Crippen molar-refractivity contribution in [1.82, 2.24) is 4.98 Å². The van der Waals surface area contributed by atoms with Crippen LogP contribution in [0, 0.1) is 0 Å². The average molecular weight is 304 g/mol. The highest BCUT2D eigenvalue weighted by Crippen LogP contribution is 2.38. The van der Waals surface area contributed by atoms with Gasteiger partial charge in [0.05, 0.1) is 4.47 Å². The first-order valence-electron chi connectivity index (χ1n) is 3.78. The van der Waals surface area contributed by atoms with E-state index in [2.05, 4.69) is 20.9 Å². The lowest BCUT2D eigenvalue weighted by atomic mass is 10.1. The molecule has 0 aliphatic rings. The molecule has 1 rings (SSSR count). The molecule has 1 aromatic rings. The zero-order chi connectivity index (χ0) is 12.5. The molecule has 1 aromatic heterocycles. The van der Waals surface area contributed by atoms with Gasteiger partial charge in [-0.3, -0.25) is 4.79 Å². The van der Waals surface area contributed by atoms with Crippen molar-refractivity contribution in [2.75, 3.05) is 0 Å². The second-order valence-electron chi connectivity index (χ2n) is 2.71. The molecule has 0 fully saturated rings. The van der Waals surface area contributed by atoms with Crippen molar-refractivity contribution in [3.63, 3.8) is 0 Å². The van der Waals surface area contributed by atoms with Crippen LogP contribution in [0.2, 0.25) is 0 Å². The summed E-state index contributed by atoms with van der Waals surface area (Å²) in [5, 5.41) is 0. The van der Waals surface area contributed by atoms with Crippen LogP contribution in [-0.4, -0.2) is 11.3 Å². The third kappa shape index (κ3) is 2.37. The van der Waals surface area contributed by atoms with Crippen LogP contribution in [0.3, 0.4) is 0 Å². The molecule has 0 aromatic carbocycles. The third-order valence-electron chi connectivity index (χ3n) is 1.70. The van der Waals surface area contributed by atoms with Crippen molar-refractivity contribution in [3.05, 3.63) is 27.5 Å². The smallest absolute Gasteiger partial charge is 0.298 e. The number of rotatable bonds is 2. The molecule has 0 amide bonds. The Morgan fingerprint density at radius 1 is 1.38 bits per heavy atom. The number of carbonyl (C=O) groups is 1. The first kappa shape index (κ1) is 13.0. The number of halogens is 6. The first-order chi connectivity index (χ1) is 7.29. The molecular weight excluding hydrogens is 301 g/mol. The fraction of sp³-hybridized carbons (Fsp3) is 0.250. The number of aldehydes is 1. The molecule has 0 atom stereocenters. The maximum Gasteiger partial charge on any atom is 0.434 e. The number of alkyl halides is 5. The van der Waals surface area contributed by atoms with Gasteiger partial charge in [-0.2, -0.15) is 13.2 Å². The molecule has 16 heavy (non-hydrogen) atoms. The molecule has 2 nitrogen and oxygen atoms in total. The molecule has 0 saturated heterocycles. The molecule has 0 aliphatic heterocycles. The topological polar surface area (TPSA) is 30.0 Å². The summed E-state index contributed by atoms with van der Waals surface area (Å²) in [7, 11) is 0. The van der Waals surface area contributed by atoms with E-state index in [1.165, 1.54) is 0 Å². The minimum Gasteiger partial charge on any atom is -0.298 e. The van der Waals surface area contributed by atoms with Crippen LogP contribution in [0.4, 0.5) is 22.0 Å². The summed E-state index contributed by atoms with van der Waals surface area (Å²) in [6, 6.07) is 0. The standard InChI is InChI=1S/C8H3BrF5NO/c9-5-4(7(10)11)3(2-16)1-15-6(5)8(12,13)14/h1-2,7H. The van der Waals surface area contributed by atoms with Gasteiger partial charge in [0.25, 0.3) is 6.43 Å². The molecule has 0 bridgehead atoms. The molecule has 0 aliphatic carbocycles. The van der Waals surface area contributed by atoms with Crippen molar-refractivity contribution in [1.29, 1.82) is 0 Å². The third-order valence-corrected chi connectivity index (χ3v) is 2.50. The summed E-state index contributed by atoms with van der Waals surface area (Å²) >= 11 is 2.39. The van der Waals surface area contributed by atoms with Gasteiger partial charge in [-0.15, -0.1) is 0 Å². The first-order valence-corrected chi connectivity index (χ1v) is 4.57. The number of pyridine rings is 1. The van der Waals surface area contributed by atoms with Crippen molar-refractivity contribution >= 4 is 22.2 Å². The zero-order valence-corrected chi connectivity index (χ0v) is 8.94. The summed E-state index contributed by atoms with van der Waals surface area (Å²) in [4.78, 5) is 13.3. The number of hydrogen-bond acceptors (Lipinski definition) is 2. The summed E-state index contributed by atoms with van der Waals surface area (Å²) in [6.45, 7) is 0. The monoisotopic (exact) mass is 303 g/mol. The molecule has 8 heteroatoms. The van der Waals surface area contributed by atoms with E-state index in [0.717, 1.165) is 0 Å². The highest BCUT2D eigenvalue weighted by Gasteiger charge is 2.37. The van der Waals surface area contributed by atoms with Crippen LogP contribution in [-0.2, 0) is 6.18 Å². The average Bonchev–Trinajstić information content (AvgIpc) is 2.14. The van der Waals surface area contributed by atoms with Gasteiger partial charge in [0.15, 0.2) is 12.0 Å². The van der Waals surface area contributed by atoms with Crippen LogP contribution >= 0.6 is 15.9 Å². The van der Waals surface area contributed by atoms with E-state index < -0.39 is 33.9 Å². The van der Waals surface area contributed by atoms with Crippen LogP contribution < -0.4 is 0 Å². The van der Waals surface area contributed by atoms with E-state index in [1.54, 1.807) is 0 Å². The van der Waals surface area contributed by atoms with Gasteiger partial charge in [0.1, 0.15) is 0 Å². The Bertz CT molecular complexity index is 418. The second kappa shape index (κ2) is 4.44. The quantitative estimate of drug-likeness (QED) is 0.617. The van der Waals surface area contributed by atoms with Crippen molar-refractivity contribution in [2.45, 2.75) is 12.6 Å². The normalized spacial score (nSPS) is 11.9. The highest BCUT2D eigenvalue weighted by atomic mass is 79.9. The molecule has 0 radical (unpaired) electrons. The fourth-order valence-corrected chi connectivity index (χ4v) is 1.76. The fourth-order valence-electron chi connectivity index (χ4n) is 1.03. The molecule has 0 spiro atoms. The Labute approximate surface area is 94.6 Å². The lowest BCUT2D eigenvalue weighted by molar-refractivity contribution is -0.142. The van der Waals surface area contributed by atoms with Gasteiger partial charge < -0.3 is 0 Å². The summed E-state index contributed by atoms with van der Waals surface area (Å²) in [5.41, 5.74) is -3.06. The van der Waals surface area contributed by atoms with E-state index in [9.17, 15) is 26.7 Å². The van der Waals surface area contributed by atoms with Gasteiger partial charge in [0.2, 0.25) is 0 Å². The van der Waals surface area contributed by atoms with E-state index in [1.807, 2.05) is 0 Å². The minimum atomic E-state index is -4.86. The molecule has 1 heterocycles. The Hall–Kier alpha value is -1.05. The van der Waals surface area contributed by atoms with Gasteiger partial charge in [-0.25, -0.2) is 13.8 Å². The number of nitrogens with zero attached hydrogens (tertiary/aromatic N) is 1. The molecular formula is C8H3BrF5NO. The Morgan fingerprint density at radius 2 is 1.94 bits per heavy atom. The molecule has 88 valence electrons. The van der Waals surface area contributed by atoms with Crippen molar-refractivity contribution < 1.29 is 26.7 Å². The SMILES string of the molecule is O=Cc1cnc(C(F)(F)F)c(Br)c1C(F)F. The maximum atomic E-state index is 12.5. The molecule has 0 N–H and O–H groups in total. The lowest BCUT2D eigenvalue weighted by Gasteiger charge is -2.12. The number of hydrogen-bond donors (Lipinski definition) is 0. The van der Waals surface area contributed by atoms with E-state index in [4.69, 9.17) is 0 Å². The van der Waals surface area contributed by atoms with Gasteiger partial charge in [-0.05, 0) is 15.9 Å². The zero-order valence-electron chi connectivity index (χ0n) is 7.36. The highest BCUT2D eigenvalue weighted by molar-refractivity contribution is 9.10. The summed E-state index contributed by atoms with van der Waals surface area (Å²) in [6.07, 6.45) is -7.55. The van der Waals surface area contributed by atoms with Crippen molar-refractivity contribution in [3.8, 4) is 0 Å². The van der Waals surface area contributed by atoms with Crippen LogP contribution in [0.5, 0.6) is 0 Å². The van der Waals surface area contributed by atoms with E-state index >= 15 is 0 Å². The van der Waals surface area contributed by atoms with Gasteiger partial charge in [0, 0.05) is 17.3 Å². The predicted octanol–water partition coefficient (Wildman–Crippen LogP) is 3.61. The van der Waals surface area contributed by atoms with Gasteiger partial charge >= 0.3 is 6.18 Å². The van der Waals surface area contributed by atoms with Crippen LogP contribution in [0.1, 0.15) is 28.0 Å². The van der Waals surface area contributed by atoms with Crippen LogP contribution in [0.25, 0.3) is 0 Å². The molecule has 0 saturated carbocycles. The largest absolute Gasteiger partial charge is 0.434 e. The van der Waals surface area contributed by atoms with E-state index in [0.29, 0.717) is 6.20 Å². The Kier molecular flexibility index (Phi) is 3.61. The van der Waals surface area contributed by atoms with E-state index in [-0.39, 0.29) is 6.29 Å². The maximum absolute atomic E-state index is 12.5. The van der Waals surface area contributed by atoms with Gasteiger partial charge in [-0.1, -0.05) is 0 Å².